The molecule has 0 N–H and O–H groups in total. The second kappa shape index (κ2) is 7.15. The summed E-state index contributed by atoms with van der Waals surface area (Å²) >= 11 is 6.09. The molecule has 29 heavy (non-hydrogen) atoms. The molecule has 0 aliphatic carbocycles. The Labute approximate surface area is 173 Å². The summed E-state index contributed by atoms with van der Waals surface area (Å²) in [6, 6.07) is 24.3. The second-order valence-corrected chi connectivity index (χ2v) is 7.37. The molecule has 0 fully saturated rings. The monoisotopic (exact) mass is 396 g/mol. The Morgan fingerprint density at radius 2 is 1.41 bits per heavy atom. The number of rotatable bonds is 3. The molecule has 0 saturated carbocycles. The first kappa shape index (κ1) is 17.6. The number of halogens is 1. The van der Waals surface area contributed by atoms with Crippen LogP contribution in [0.5, 0.6) is 0 Å². The Hall–Kier alpha value is -3.50. The summed E-state index contributed by atoms with van der Waals surface area (Å²) in [4.78, 5) is 8.77. The number of aryl methyl sites for hydroxylation is 1. The maximum Gasteiger partial charge on any atom is 0.0935 e. The van der Waals surface area contributed by atoms with Crippen molar-refractivity contribution in [1.29, 1.82) is 0 Å². The van der Waals surface area contributed by atoms with Crippen molar-refractivity contribution in [3.8, 4) is 28.2 Å². The minimum absolute atomic E-state index is 0.712. The molecule has 5 rings (SSSR count). The van der Waals surface area contributed by atoms with Crippen LogP contribution in [0.2, 0.25) is 5.02 Å². The van der Waals surface area contributed by atoms with E-state index in [2.05, 4.69) is 47.2 Å². The van der Waals surface area contributed by atoms with E-state index in [0.29, 0.717) is 5.02 Å². The molecule has 0 spiro atoms. The standard InChI is InChI=1S/C24H17ClN4/c1-16-2-9-20(10-3-16)29-24(17-4-7-19(25)8-5-17)15-22(28-29)18-6-11-21-23(14-18)27-13-12-26-21/h2-15H,1H3. The molecular formula is C24H17ClN4. The lowest BCUT2D eigenvalue weighted by atomic mass is 10.1. The number of hydrogen-bond acceptors (Lipinski definition) is 3. The smallest absolute Gasteiger partial charge is 0.0935 e. The van der Waals surface area contributed by atoms with Gasteiger partial charge in [0.1, 0.15) is 0 Å². The number of hydrogen-bond donors (Lipinski definition) is 0. The Balaban J connectivity index is 1.69. The van der Waals surface area contributed by atoms with Gasteiger partial charge in [-0.1, -0.05) is 47.5 Å². The van der Waals surface area contributed by atoms with Gasteiger partial charge in [0.15, 0.2) is 0 Å². The average Bonchev–Trinajstić information content (AvgIpc) is 3.20. The maximum atomic E-state index is 6.09. The van der Waals surface area contributed by atoms with Crippen molar-refractivity contribution in [1.82, 2.24) is 19.7 Å². The molecule has 0 radical (unpaired) electrons. The van der Waals surface area contributed by atoms with Crippen molar-refractivity contribution < 1.29 is 0 Å². The fourth-order valence-electron chi connectivity index (χ4n) is 3.35. The van der Waals surface area contributed by atoms with Crippen LogP contribution >= 0.6 is 11.6 Å². The number of nitrogens with zero attached hydrogens (tertiary/aromatic N) is 4. The summed E-state index contributed by atoms with van der Waals surface area (Å²) in [5, 5.41) is 5.63. The molecule has 3 aromatic carbocycles. The summed E-state index contributed by atoms with van der Waals surface area (Å²) < 4.78 is 1.97. The molecule has 4 nitrogen and oxygen atoms in total. The normalized spacial score (nSPS) is 11.1. The highest BCUT2D eigenvalue weighted by Crippen LogP contribution is 2.30. The minimum atomic E-state index is 0.712. The van der Waals surface area contributed by atoms with Crippen molar-refractivity contribution in [2.75, 3.05) is 0 Å². The van der Waals surface area contributed by atoms with Crippen LogP contribution in [0.15, 0.2) is 85.2 Å². The summed E-state index contributed by atoms with van der Waals surface area (Å²) in [6.45, 7) is 2.08. The van der Waals surface area contributed by atoms with Crippen molar-refractivity contribution in [3.63, 3.8) is 0 Å². The lowest BCUT2D eigenvalue weighted by molar-refractivity contribution is 0.891. The zero-order valence-electron chi connectivity index (χ0n) is 15.7. The third-order valence-electron chi connectivity index (χ3n) is 4.89. The van der Waals surface area contributed by atoms with Gasteiger partial charge in [-0.3, -0.25) is 9.97 Å². The zero-order valence-corrected chi connectivity index (χ0v) is 16.5. The molecule has 2 heterocycles. The summed E-state index contributed by atoms with van der Waals surface area (Å²) in [7, 11) is 0. The molecule has 5 aromatic rings. The molecule has 0 atom stereocenters. The fraction of sp³-hybridized carbons (Fsp3) is 0.0417. The van der Waals surface area contributed by atoms with Gasteiger partial charge in [0.25, 0.3) is 0 Å². The molecular weight excluding hydrogens is 380 g/mol. The summed E-state index contributed by atoms with van der Waals surface area (Å²) in [6.07, 6.45) is 3.41. The first-order valence-electron chi connectivity index (χ1n) is 9.31. The Morgan fingerprint density at radius 1 is 0.724 bits per heavy atom. The third kappa shape index (κ3) is 3.39. The Morgan fingerprint density at radius 3 is 2.17 bits per heavy atom. The van der Waals surface area contributed by atoms with Gasteiger partial charge in [-0.15, -0.1) is 0 Å². The van der Waals surface area contributed by atoms with Crippen LogP contribution in [0, 0.1) is 6.92 Å². The highest BCUT2D eigenvalue weighted by Gasteiger charge is 2.14. The van der Waals surface area contributed by atoms with Gasteiger partial charge >= 0.3 is 0 Å². The van der Waals surface area contributed by atoms with Crippen LogP contribution in [0.4, 0.5) is 0 Å². The van der Waals surface area contributed by atoms with Crippen molar-refractivity contribution in [2.24, 2.45) is 0 Å². The predicted molar refractivity (Wildman–Crippen MR) is 117 cm³/mol. The molecule has 0 amide bonds. The lowest BCUT2D eigenvalue weighted by Gasteiger charge is -2.08. The van der Waals surface area contributed by atoms with Gasteiger partial charge < -0.3 is 0 Å². The molecule has 140 valence electrons. The molecule has 0 bridgehead atoms. The van der Waals surface area contributed by atoms with Gasteiger partial charge in [0, 0.05) is 28.5 Å². The molecule has 0 aliphatic rings. The fourth-order valence-corrected chi connectivity index (χ4v) is 3.48. The first-order valence-corrected chi connectivity index (χ1v) is 9.69. The number of aromatic nitrogens is 4. The zero-order chi connectivity index (χ0) is 19.8. The SMILES string of the molecule is Cc1ccc(-n2nc(-c3ccc4nccnc4c3)cc2-c2ccc(Cl)cc2)cc1. The molecule has 5 heteroatoms. The van der Waals surface area contributed by atoms with E-state index in [9.17, 15) is 0 Å². The summed E-state index contributed by atoms with van der Waals surface area (Å²) in [5.74, 6) is 0. The number of benzene rings is 3. The Bertz CT molecular complexity index is 1240. The lowest BCUT2D eigenvalue weighted by Crippen LogP contribution is -1.99. The molecule has 0 saturated heterocycles. The van der Waals surface area contributed by atoms with E-state index in [4.69, 9.17) is 16.7 Å². The van der Waals surface area contributed by atoms with E-state index < -0.39 is 0 Å². The third-order valence-corrected chi connectivity index (χ3v) is 5.14. The van der Waals surface area contributed by atoms with E-state index in [1.807, 2.05) is 47.1 Å². The van der Waals surface area contributed by atoms with Crippen LogP contribution in [0.1, 0.15) is 5.56 Å². The van der Waals surface area contributed by atoms with Crippen LogP contribution in [-0.2, 0) is 0 Å². The van der Waals surface area contributed by atoms with E-state index >= 15 is 0 Å². The van der Waals surface area contributed by atoms with Gasteiger partial charge in [0.2, 0.25) is 0 Å². The maximum absolute atomic E-state index is 6.09. The quantitative estimate of drug-likeness (QED) is 0.369. The van der Waals surface area contributed by atoms with Crippen LogP contribution in [0.25, 0.3) is 39.2 Å². The van der Waals surface area contributed by atoms with Crippen LogP contribution in [0.3, 0.4) is 0 Å². The van der Waals surface area contributed by atoms with Crippen LogP contribution in [-0.4, -0.2) is 19.7 Å². The van der Waals surface area contributed by atoms with Gasteiger partial charge in [0.05, 0.1) is 28.1 Å². The first-order chi connectivity index (χ1) is 14.2. The van der Waals surface area contributed by atoms with Crippen LogP contribution < -0.4 is 0 Å². The Kier molecular flexibility index (Phi) is 4.34. The minimum Gasteiger partial charge on any atom is -0.253 e. The van der Waals surface area contributed by atoms with Gasteiger partial charge in [-0.25, -0.2) is 4.68 Å². The topological polar surface area (TPSA) is 43.6 Å². The van der Waals surface area contributed by atoms with E-state index in [0.717, 1.165) is 39.2 Å². The number of fused-ring (bicyclic) bond motifs is 1. The van der Waals surface area contributed by atoms with Crippen molar-refractivity contribution >= 4 is 22.6 Å². The second-order valence-electron chi connectivity index (χ2n) is 6.93. The molecule has 0 aliphatic heterocycles. The predicted octanol–water partition coefficient (Wildman–Crippen LogP) is 6.11. The van der Waals surface area contributed by atoms with Gasteiger partial charge in [-0.05, 0) is 49.4 Å². The summed E-state index contributed by atoms with van der Waals surface area (Å²) in [5.41, 5.74) is 7.86. The van der Waals surface area contributed by atoms with E-state index in [1.54, 1.807) is 12.4 Å². The largest absolute Gasteiger partial charge is 0.253 e. The highest BCUT2D eigenvalue weighted by atomic mass is 35.5. The average molecular weight is 397 g/mol. The van der Waals surface area contributed by atoms with Crippen molar-refractivity contribution in [2.45, 2.75) is 6.92 Å². The van der Waals surface area contributed by atoms with Crippen molar-refractivity contribution in [3.05, 3.63) is 95.8 Å². The van der Waals surface area contributed by atoms with Gasteiger partial charge in [-0.2, -0.15) is 5.10 Å². The molecule has 2 aromatic heterocycles. The molecule has 0 unspecified atom stereocenters. The van der Waals surface area contributed by atoms with E-state index in [-0.39, 0.29) is 0 Å². The highest BCUT2D eigenvalue weighted by molar-refractivity contribution is 6.30. The van der Waals surface area contributed by atoms with E-state index in [1.165, 1.54) is 5.56 Å².